The number of hydrogen-bond acceptors (Lipinski definition) is 6. The number of rotatable bonds is 5. The summed E-state index contributed by atoms with van der Waals surface area (Å²) in [5.41, 5.74) is 0.730. The Balaban J connectivity index is 1.59. The molecule has 6 nitrogen and oxygen atoms in total. The number of ether oxygens (including phenoxy) is 1. The molecule has 0 bridgehead atoms. The number of aromatic nitrogens is 2. The monoisotopic (exact) mass is 416 g/mol. The summed E-state index contributed by atoms with van der Waals surface area (Å²) in [6.07, 6.45) is 3.48. The summed E-state index contributed by atoms with van der Waals surface area (Å²) in [5.74, 6) is 0.676. The summed E-state index contributed by atoms with van der Waals surface area (Å²) in [5, 5.41) is 13.9. The summed E-state index contributed by atoms with van der Waals surface area (Å²) in [4.78, 5) is 10.7. The third kappa shape index (κ3) is 4.36. The fraction of sp³-hybridized carbons (Fsp3) is 0.333. The molecule has 0 amide bonds. The van der Waals surface area contributed by atoms with Crippen LogP contribution in [-0.4, -0.2) is 46.7 Å². The highest BCUT2D eigenvalue weighted by Gasteiger charge is 2.19. The lowest BCUT2D eigenvalue weighted by Gasteiger charge is -2.28. The minimum atomic E-state index is -0.557. The van der Waals surface area contributed by atoms with Gasteiger partial charge in [-0.25, -0.2) is 14.4 Å². The summed E-state index contributed by atoms with van der Waals surface area (Å²) in [6.45, 7) is 2.63. The highest BCUT2D eigenvalue weighted by molar-refractivity contribution is 6.31. The summed E-state index contributed by atoms with van der Waals surface area (Å²) < 4.78 is 20.2. The maximum absolute atomic E-state index is 14.3. The molecule has 1 saturated heterocycles. The second-order valence-electron chi connectivity index (χ2n) is 7.34. The lowest BCUT2D eigenvalue weighted by atomic mass is 9.98. The van der Waals surface area contributed by atoms with E-state index in [1.54, 1.807) is 18.2 Å². The Hall–Kier alpha value is -2.64. The molecule has 2 aromatic carbocycles. The molecule has 8 heteroatoms. The van der Waals surface area contributed by atoms with Gasteiger partial charge in [0.25, 0.3) is 0 Å². The van der Waals surface area contributed by atoms with Crippen molar-refractivity contribution in [1.82, 2.24) is 14.9 Å². The van der Waals surface area contributed by atoms with Crippen LogP contribution in [0.2, 0.25) is 5.02 Å². The number of fused-ring (bicyclic) bond motifs is 1. The number of halogens is 2. The van der Waals surface area contributed by atoms with Crippen molar-refractivity contribution in [1.29, 1.82) is 0 Å². The number of phenolic OH excluding ortho intramolecular Hbond substituents is 1. The molecule has 0 aliphatic carbocycles. The Morgan fingerprint density at radius 1 is 1.28 bits per heavy atom. The van der Waals surface area contributed by atoms with Crippen molar-refractivity contribution in [2.45, 2.75) is 12.8 Å². The number of benzene rings is 2. The molecule has 0 radical (unpaired) electrons. The van der Waals surface area contributed by atoms with E-state index in [0.29, 0.717) is 35.0 Å². The normalized spacial score (nSPS) is 15.6. The molecule has 0 spiro atoms. The first-order chi connectivity index (χ1) is 14.0. The van der Waals surface area contributed by atoms with Gasteiger partial charge in [0.15, 0.2) is 17.3 Å². The number of piperidine rings is 1. The topological polar surface area (TPSA) is 70.5 Å². The van der Waals surface area contributed by atoms with E-state index < -0.39 is 5.82 Å². The minimum absolute atomic E-state index is 0.0176. The predicted octanol–water partition coefficient (Wildman–Crippen LogP) is 4.59. The van der Waals surface area contributed by atoms with E-state index in [0.717, 1.165) is 25.9 Å². The highest BCUT2D eigenvalue weighted by atomic mass is 35.5. The standard InChI is InChI=1S/C21H22ClFN4O2/c1-27-7-5-13(6-8-27)11-29-19-9-14-17(10-18(19)28)24-12-25-21(14)26-16-4-2-3-15(22)20(16)23/h2-4,9-10,12-13,28H,5-8,11H2,1H3,(H,24,25,26). The van der Waals surface area contributed by atoms with Crippen LogP contribution in [0.1, 0.15) is 12.8 Å². The number of nitrogens with zero attached hydrogens (tertiary/aromatic N) is 3. The minimum Gasteiger partial charge on any atom is -0.504 e. The molecular formula is C21H22ClFN4O2. The molecule has 1 aliphatic heterocycles. The number of aromatic hydroxyl groups is 1. The quantitative estimate of drug-likeness (QED) is 0.633. The maximum atomic E-state index is 14.3. The van der Waals surface area contributed by atoms with E-state index in [-0.39, 0.29) is 16.5 Å². The van der Waals surface area contributed by atoms with E-state index in [1.807, 2.05) is 0 Å². The summed E-state index contributed by atoms with van der Waals surface area (Å²) >= 11 is 5.86. The molecule has 2 N–H and O–H groups in total. The average Bonchev–Trinajstić information content (AvgIpc) is 2.71. The lowest BCUT2D eigenvalue weighted by Crippen LogP contribution is -2.32. The van der Waals surface area contributed by atoms with Crippen LogP contribution in [0, 0.1) is 11.7 Å². The van der Waals surface area contributed by atoms with Crippen LogP contribution in [0.15, 0.2) is 36.7 Å². The summed E-state index contributed by atoms with van der Waals surface area (Å²) in [6, 6.07) is 7.92. The third-order valence-corrected chi connectivity index (χ3v) is 5.53. The fourth-order valence-corrected chi connectivity index (χ4v) is 3.63. The van der Waals surface area contributed by atoms with E-state index in [2.05, 4.69) is 27.2 Å². The van der Waals surface area contributed by atoms with Crippen LogP contribution in [0.25, 0.3) is 10.9 Å². The van der Waals surface area contributed by atoms with E-state index in [1.165, 1.54) is 18.5 Å². The zero-order chi connectivity index (χ0) is 20.4. The van der Waals surface area contributed by atoms with Crippen molar-refractivity contribution in [3.05, 3.63) is 47.5 Å². The van der Waals surface area contributed by atoms with Crippen molar-refractivity contribution >= 4 is 34.0 Å². The van der Waals surface area contributed by atoms with Gasteiger partial charge in [-0.2, -0.15) is 0 Å². The lowest BCUT2D eigenvalue weighted by molar-refractivity contribution is 0.158. The van der Waals surface area contributed by atoms with Gasteiger partial charge in [0.05, 0.1) is 22.8 Å². The van der Waals surface area contributed by atoms with Gasteiger partial charge in [0.1, 0.15) is 12.1 Å². The van der Waals surface area contributed by atoms with E-state index in [9.17, 15) is 9.50 Å². The van der Waals surface area contributed by atoms with Crippen LogP contribution in [-0.2, 0) is 0 Å². The third-order valence-electron chi connectivity index (χ3n) is 5.23. The molecule has 29 heavy (non-hydrogen) atoms. The van der Waals surface area contributed by atoms with Crippen molar-refractivity contribution in [3.8, 4) is 11.5 Å². The Kier molecular flexibility index (Phi) is 5.69. The number of phenols is 1. The van der Waals surface area contributed by atoms with Gasteiger partial charge in [-0.05, 0) is 57.1 Å². The molecule has 0 saturated carbocycles. The largest absolute Gasteiger partial charge is 0.504 e. The second kappa shape index (κ2) is 8.39. The van der Waals surface area contributed by atoms with Crippen LogP contribution in [0.4, 0.5) is 15.9 Å². The van der Waals surface area contributed by atoms with Gasteiger partial charge in [-0.1, -0.05) is 17.7 Å². The highest BCUT2D eigenvalue weighted by Crippen LogP contribution is 2.35. The first kappa shape index (κ1) is 19.7. The fourth-order valence-electron chi connectivity index (χ4n) is 3.45. The Labute approximate surface area is 173 Å². The van der Waals surface area contributed by atoms with E-state index in [4.69, 9.17) is 16.3 Å². The SMILES string of the molecule is CN1CCC(COc2cc3c(Nc4cccc(Cl)c4F)ncnc3cc2O)CC1. The van der Waals surface area contributed by atoms with Gasteiger partial charge in [-0.15, -0.1) is 0 Å². The second-order valence-corrected chi connectivity index (χ2v) is 7.75. The van der Waals surface area contributed by atoms with Gasteiger partial charge in [0.2, 0.25) is 0 Å². The Morgan fingerprint density at radius 3 is 2.86 bits per heavy atom. The van der Waals surface area contributed by atoms with Crippen LogP contribution < -0.4 is 10.1 Å². The number of anilines is 2. The smallest absolute Gasteiger partial charge is 0.165 e. The van der Waals surface area contributed by atoms with Crippen LogP contribution in [0.5, 0.6) is 11.5 Å². The van der Waals surface area contributed by atoms with Crippen LogP contribution >= 0.6 is 11.6 Å². The molecular weight excluding hydrogens is 395 g/mol. The van der Waals surface area contributed by atoms with Gasteiger partial charge < -0.3 is 20.1 Å². The molecule has 3 aromatic rings. The first-order valence-electron chi connectivity index (χ1n) is 9.51. The molecule has 4 rings (SSSR count). The van der Waals surface area contributed by atoms with Crippen LogP contribution in [0.3, 0.4) is 0 Å². The zero-order valence-corrected chi connectivity index (χ0v) is 16.8. The van der Waals surface area contributed by atoms with Crippen molar-refractivity contribution in [3.63, 3.8) is 0 Å². The van der Waals surface area contributed by atoms with Gasteiger partial charge >= 0.3 is 0 Å². The zero-order valence-electron chi connectivity index (χ0n) is 16.0. The van der Waals surface area contributed by atoms with Gasteiger partial charge in [-0.3, -0.25) is 0 Å². The van der Waals surface area contributed by atoms with E-state index >= 15 is 0 Å². The molecule has 152 valence electrons. The molecule has 0 unspecified atom stereocenters. The molecule has 1 aromatic heterocycles. The number of hydrogen-bond donors (Lipinski definition) is 2. The molecule has 2 heterocycles. The average molecular weight is 417 g/mol. The Morgan fingerprint density at radius 2 is 2.07 bits per heavy atom. The number of nitrogens with one attached hydrogen (secondary N) is 1. The summed E-state index contributed by atoms with van der Waals surface area (Å²) in [7, 11) is 2.11. The first-order valence-corrected chi connectivity index (χ1v) is 9.89. The molecule has 1 fully saturated rings. The Bertz CT molecular complexity index is 1020. The molecule has 1 aliphatic rings. The van der Waals surface area contributed by atoms with Crippen molar-refractivity contribution < 1.29 is 14.2 Å². The van der Waals surface area contributed by atoms with Crippen molar-refractivity contribution in [2.75, 3.05) is 32.1 Å². The molecule has 0 atom stereocenters. The maximum Gasteiger partial charge on any atom is 0.165 e. The predicted molar refractivity (Wildman–Crippen MR) is 112 cm³/mol. The van der Waals surface area contributed by atoms with Crippen molar-refractivity contribution in [2.24, 2.45) is 5.92 Å². The van der Waals surface area contributed by atoms with Gasteiger partial charge in [0, 0.05) is 11.5 Å². The number of likely N-dealkylation sites (tertiary alicyclic amines) is 1.